The molecule has 0 aliphatic carbocycles. The Hall–Kier alpha value is -0.950. The summed E-state index contributed by atoms with van der Waals surface area (Å²) in [6.07, 6.45) is 0.579. The second-order valence-corrected chi connectivity index (χ2v) is 2.80. The zero-order valence-electron chi connectivity index (χ0n) is 7.80. The highest BCUT2D eigenvalue weighted by molar-refractivity contribution is 5.81. The van der Waals surface area contributed by atoms with Gasteiger partial charge in [0.05, 0.1) is 0 Å². The molecule has 6 nitrogen and oxygen atoms in total. The Morgan fingerprint density at radius 1 is 1.43 bits per heavy atom. The Labute approximate surface area is 81.1 Å². The van der Waals surface area contributed by atoms with E-state index in [1.807, 2.05) is 0 Å². The van der Waals surface area contributed by atoms with Crippen molar-refractivity contribution in [3.63, 3.8) is 0 Å². The van der Waals surface area contributed by atoms with Gasteiger partial charge < -0.3 is 25.2 Å². The molecule has 0 spiro atoms. The van der Waals surface area contributed by atoms with Crippen LogP contribution in [0.15, 0.2) is 12.7 Å². The molecule has 14 heavy (non-hydrogen) atoms. The van der Waals surface area contributed by atoms with Crippen LogP contribution >= 0.6 is 0 Å². The summed E-state index contributed by atoms with van der Waals surface area (Å²) in [5, 5.41) is 36.3. The molecule has 0 unspecified atom stereocenters. The largest absolute Gasteiger partial charge is 0.400 e. The van der Waals surface area contributed by atoms with E-state index in [-0.39, 0.29) is 12.8 Å². The Kier molecular flexibility index (Phi) is 4.21. The van der Waals surface area contributed by atoms with E-state index in [1.165, 1.54) is 0 Å². The zero-order valence-corrected chi connectivity index (χ0v) is 7.80. The Morgan fingerprint density at radius 3 is 2.29 bits per heavy atom. The number of hydrogen-bond donors (Lipinski definition) is 4. The molecular formula is C8H14O6. The predicted octanol–water partition coefficient (Wildman–Crippen LogP) is -1.17. The third-order valence-corrected chi connectivity index (χ3v) is 1.53. The molecule has 0 aliphatic heterocycles. The number of carbonyl (C=O) groups is 1. The van der Waals surface area contributed by atoms with Crippen LogP contribution in [0.1, 0.15) is 19.8 Å². The van der Waals surface area contributed by atoms with Gasteiger partial charge in [-0.15, -0.1) is 0 Å². The van der Waals surface area contributed by atoms with Crippen LogP contribution < -0.4 is 0 Å². The lowest BCUT2D eigenvalue weighted by atomic mass is 10.1. The zero-order chi connectivity index (χ0) is 11.4. The van der Waals surface area contributed by atoms with Crippen molar-refractivity contribution >= 4 is 5.97 Å². The molecule has 0 amide bonds. The van der Waals surface area contributed by atoms with Crippen LogP contribution in [-0.4, -0.2) is 38.2 Å². The van der Waals surface area contributed by atoms with Crippen molar-refractivity contribution in [1.82, 2.24) is 0 Å². The van der Waals surface area contributed by atoms with Gasteiger partial charge in [0.15, 0.2) is 0 Å². The normalized spacial score (nSPS) is 12.4. The van der Waals surface area contributed by atoms with Gasteiger partial charge in [-0.2, -0.15) is 0 Å². The first-order valence-electron chi connectivity index (χ1n) is 4.01. The highest BCUT2D eigenvalue weighted by Gasteiger charge is 2.50. The lowest BCUT2D eigenvalue weighted by Crippen LogP contribution is -2.56. The minimum atomic E-state index is -3.34. The van der Waals surface area contributed by atoms with E-state index in [1.54, 1.807) is 6.92 Å². The van der Waals surface area contributed by atoms with Gasteiger partial charge in [-0.05, 0) is 0 Å². The Bertz CT molecular complexity index is 220. The maximum Gasteiger partial charge on any atom is 0.381 e. The second kappa shape index (κ2) is 4.52. The Balaban J connectivity index is 4.57. The number of aliphatic hydroxyl groups is 4. The first-order chi connectivity index (χ1) is 6.27. The van der Waals surface area contributed by atoms with Crippen molar-refractivity contribution in [3.8, 4) is 0 Å². The molecule has 4 N–H and O–H groups in total. The van der Waals surface area contributed by atoms with Crippen LogP contribution in [0.2, 0.25) is 0 Å². The van der Waals surface area contributed by atoms with Crippen LogP contribution in [-0.2, 0) is 9.53 Å². The molecule has 0 radical (unpaired) electrons. The molecule has 0 atom stereocenters. The molecule has 0 aliphatic rings. The third-order valence-electron chi connectivity index (χ3n) is 1.53. The highest BCUT2D eigenvalue weighted by atomic mass is 16.8. The SMILES string of the molecule is C=CC(=O)OC(O)(O)C(O)(O)CCC. The maximum absolute atomic E-state index is 10.6. The average molecular weight is 206 g/mol. The standard InChI is InChI=1S/C8H14O6/c1-3-5-7(10,11)8(12,13)14-6(9)4-2/h4,10-13H,2-3,5H2,1H3. The lowest BCUT2D eigenvalue weighted by Gasteiger charge is -2.32. The van der Waals surface area contributed by atoms with E-state index >= 15 is 0 Å². The van der Waals surface area contributed by atoms with Gasteiger partial charge in [0.1, 0.15) is 0 Å². The lowest BCUT2D eigenvalue weighted by molar-refractivity contribution is -0.445. The molecule has 0 aromatic heterocycles. The summed E-state index contributed by atoms with van der Waals surface area (Å²) in [7, 11) is 0. The fourth-order valence-corrected chi connectivity index (χ4v) is 0.775. The molecule has 0 bridgehead atoms. The molecule has 0 rings (SSSR count). The fourth-order valence-electron chi connectivity index (χ4n) is 0.775. The minimum Gasteiger partial charge on any atom is -0.400 e. The van der Waals surface area contributed by atoms with Crippen LogP contribution in [0, 0.1) is 0 Å². The van der Waals surface area contributed by atoms with Gasteiger partial charge in [-0.3, -0.25) is 0 Å². The van der Waals surface area contributed by atoms with Crippen LogP contribution in [0.4, 0.5) is 0 Å². The molecule has 0 heterocycles. The van der Waals surface area contributed by atoms with Gasteiger partial charge in [-0.25, -0.2) is 4.79 Å². The molecule has 0 aromatic carbocycles. The number of hydrogen-bond acceptors (Lipinski definition) is 6. The van der Waals surface area contributed by atoms with E-state index in [9.17, 15) is 4.79 Å². The number of ether oxygens (including phenoxy) is 1. The van der Waals surface area contributed by atoms with Gasteiger partial charge in [0.2, 0.25) is 0 Å². The smallest absolute Gasteiger partial charge is 0.381 e. The van der Waals surface area contributed by atoms with Crippen LogP contribution in [0.3, 0.4) is 0 Å². The molecule has 6 heteroatoms. The summed E-state index contributed by atoms with van der Waals surface area (Å²) in [4.78, 5) is 10.6. The topological polar surface area (TPSA) is 107 Å². The summed E-state index contributed by atoms with van der Waals surface area (Å²) in [5.41, 5.74) is 0. The van der Waals surface area contributed by atoms with E-state index in [0.717, 1.165) is 0 Å². The highest BCUT2D eigenvalue weighted by Crippen LogP contribution is 2.23. The Morgan fingerprint density at radius 2 is 1.93 bits per heavy atom. The predicted molar refractivity (Wildman–Crippen MR) is 45.5 cm³/mol. The molecule has 0 saturated heterocycles. The average Bonchev–Trinajstić information content (AvgIpc) is 2.03. The molecule has 82 valence electrons. The van der Waals surface area contributed by atoms with E-state index in [0.29, 0.717) is 6.08 Å². The van der Waals surface area contributed by atoms with E-state index in [4.69, 9.17) is 20.4 Å². The summed E-state index contributed by atoms with van der Waals surface area (Å²) in [6, 6.07) is 0. The number of esters is 1. The summed E-state index contributed by atoms with van der Waals surface area (Å²) in [5.74, 6) is -7.41. The number of rotatable bonds is 5. The van der Waals surface area contributed by atoms with Crippen molar-refractivity contribution < 1.29 is 30.0 Å². The quantitative estimate of drug-likeness (QED) is 0.256. The van der Waals surface area contributed by atoms with Gasteiger partial charge in [-0.1, -0.05) is 19.9 Å². The number of carbonyl (C=O) groups excluding carboxylic acids is 1. The third kappa shape index (κ3) is 3.08. The van der Waals surface area contributed by atoms with Crippen molar-refractivity contribution in [3.05, 3.63) is 12.7 Å². The molecule has 0 saturated carbocycles. The first-order valence-corrected chi connectivity index (χ1v) is 4.01. The fraction of sp³-hybridized carbons (Fsp3) is 0.625. The van der Waals surface area contributed by atoms with Crippen molar-refractivity contribution in [1.29, 1.82) is 0 Å². The summed E-state index contributed by atoms with van der Waals surface area (Å²) < 4.78 is 3.96. The summed E-state index contributed by atoms with van der Waals surface area (Å²) >= 11 is 0. The van der Waals surface area contributed by atoms with Gasteiger partial charge in [0.25, 0.3) is 5.79 Å². The first kappa shape index (κ1) is 13.1. The molecule has 0 fully saturated rings. The molecule has 0 aromatic rings. The van der Waals surface area contributed by atoms with Crippen molar-refractivity contribution in [2.24, 2.45) is 0 Å². The summed E-state index contributed by atoms with van der Waals surface area (Å²) in [6.45, 7) is 4.60. The van der Waals surface area contributed by atoms with Gasteiger partial charge >= 0.3 is 11.9 Å². The van der Waals surface area contributed by atoms with E-state index in [2.05, 4.69) is 11.3 Å². The second-order valence-electron chi connectivity index (χ2n) is 2.80. The molecular weight excluding hydrogens is 192 g/mol. The monoisotopic (exact) mass is 206 g/mol. The van der Waals surface area contributed by atoms with Gasteiger partial charge in [0, 0.05) is 12.5 Å². The van der Waals surface area contributed by atoms with Crippen LogP contribution in [0.25, 0.3) is 0 Å². The van der Waals surface area contributed by atoms with Crippen molar-refractivity contribution in [2.75, 3.05) is 0 Å². The minimum absolute atomic E-state index is 0.265. The van der Waals surface area contributed by atoms with Crippen LogP contribution in [0.5, 0.6) is 0 Å². The maximum atomic E-state index is 10.6. The van der Waals surface area contributed by atoms with Crippen molar-refractivity contribution in [2.45, 2.75) is 31.5 Å². The van der Waals surface area contributed by atoms with E-state index < -0.39 is 17.7 Å².